The van der Waals surface area contributed by atoms with Crippen LogP contribution in [0, 0.1) is 0 Å². The van der Waals surface area contributed by atoms with Crippen LogP contribution in [0.5, 0.6) is 0 Å². The molecule has 0 unspecified atom stereocenters. The van der Waals surface area contributed by atoms with Crippen molar-refractivity contribution < 1.29 is 0 Å². The van der Waals surface area contributed by atoms with Crippen LogP contribution >= 0.6 is 47.8 Å². The van der Waals surface area contributed by atoms with Gasteiger partial charge in [-0.3, -0.25) is 0 Å². The normalized spacial score (nSPS) is 12.2. The number of halogens is 3. The molecule has 0 aliphatic heterocycles. The van der Waals surface area contributed by atoms with E-state index in [4.69, 9.17) is 0 Å². The molecule has 1 aromatic heterocycles. The lowest BCUT2D eigenvalue weighted by Gasteiger charge is -2.25. The average molecular weight is 536 g/mol. The van der Waals surface area contributed by atoms with Gasteiger partial charge in [0.2, 0.25) is 0 Å². The Morgan fingerprint density at radius 2 is 1.54 bits per heavy atom. The van der Waals surface area contributed by atoms with Gasteiger partial charge in [-0.15, -0.1) is 0 Å². The molecule has 0 atom stereocenters. The number of nitrogens with zero attached hydrogens (tertiary/aromatic N) is 1. The second-order valence-electron chi connectivity index (χ2n) is 7.52. The van der Waals surface area contributed by atoms with Gasteiger partial charge in [-0.2, -0.15) is 0 Å². The molecular formula is C22H18Br3N. The molecule has 0 aliphatic carbocycles. The van der Waals surface area contributed by atoms with E-state index in [1.165, 1.54) is 33.1 Å². The molecule has 0 radical (unpaired) electrons. The lowest BCUT2D eigenvalue weighted by atomic mass is 9.85. The zero-order valence-corrected chi connectivity index (χ0v) is 19.5. The Morgan fingerprint density at radius 3 is 2.27 bits per heavy atom. The van der Waals surface area contributed by atoms with E-state index in [-0.39, 0.29) is 5.41 Å². The van der Waals surface area contributed by atoms with E-state index < -0.39 is 0 Å². The molecule has 0 spiro atoms. The summed E-state index contributed by atoms with van der Waals surface area (Å²) in [7, 11) is 0. The summed E-state index contributed by atoms with van der Waals surface area (Å²) in [5, 5.41) is 2.51. The van der Waals surface area contributed by atoms with Gasteiger partial charge in [-0.05, 0) is 73.2 Å². The number of fused-ring (bicyclic) bond motifs is 3. The molecule has 1 heterocycles. The number of para-hydroxylation sites is 1. The summed E-state index contributed by atoms with van der Waals surface area (Å²) in [5.74, 6) is 0. The van der Waals surface area contributed by atoms with Crippen molar-refractivity contribution >= 4 is 69.6 Å². The number of rotatable bonds is 1. The Labute approximate surface area is 178 Å². The molecule has 4 rings (SSSR count). The van der Waals surface area contributed by atoms with E-state index in [0.717, 1.165) is 13.4 Å². The molecule has 4 heteroatoms. The molecule has 0 amide bonds. The van der Waals surface area contributed by atoms with Crippen LogP contribution in [0.1, 0.15) is 26.3 Å². The van der Waals surface area contributed by atoms with Crippen LogP contribution in [-0.4, -0.2) is 4.57 Å². The third kappa shape index (κ3) is 2.87. The first-order valence-corrected chi connectivity index (χ1v) is 10.8. The summed E-state index contributed by atoms with van der Waals surface area (Å²) in [5.41, 5.74) is 4.95. The maximum absolute atomic E-state index is 3.82. The Balaban J connectivity index is 2.24. The fourth-order valence-corrected chi connectivity index (χ4v) is 4.75. The standard InChI is InChI=1S/C22H18Br3N/c1-22(2,3)16-12-13(23)8-11-19(16)26-18-7-5-4-6-14(18)15-9-10-17(24)20(25)21(15)26/h4-12H,1-3H3. The summed E-state index contributed by atoms with van der Waals surface area (Å²) < 4.78 is 5.62. The maximum atomic E-state index is 3.82. The first-order chi connectivity index (χ1) is 12.3. The Kier molecular flexibility index (Phi) is 4.57. The first-order valence-electron chi connectivity index (χ1n) is 8.46. The predicted molar refractivity (Wildman–Crippen MR) is 123 cm³/mol. The van der Waals surface area contributed by atoms with Crippen molar-refractivity contribution in [1.82, 2.24) is 4.57 Å². The van der Waals surface area contributed by atoms with E-state index in [0.29, 0.717) is 0 Å². The number of aromatic nitrogens is 1. The van der Waals surface area contributed by atoms with Crippen molar-refractivity contribution in [2.24, 2.45) is 0 Å². The third-order valence-electron chi connectivity index (χ3n) is 4.74. The molecule has 0 saturated heterocycles. The fraction of sp³-hybridized carbons (Fsp3) is 0.182. The van der Waals surface area contributed by atoms with Gasteiger partial charge in [-0.1, -0.05) is 61.0 Å². The molecular weight excluding hydrogens is 518 g/mol. The van der Waals surface area contributed by atoms with Gasteiger partial charge >= 0.3 is 0 Å². The highest BCUT2D eigenvalue weighted by Gasteiger charge is 2.23. The minimum absolute atomic E-state index is 0.0231. The third-order valence-corrected chi connectivity index (χ3v) is 7.22. The minimum Gasteiger partial charge on any atom is -0.308 e. The monoisotopic (exact) mass is 533 g/mol. The van der Waals surface area contributed by atoms with Gasteiger partial charge in [0, 0.05) is 19.7 Å². The van der Waals surface area contributed by atoms with Crippen molar-refractivity contribution in [2.75, 3.05) is 0 Å². The van der Waals surface area contributed by atoms with Crippen molar-refractivity contribution in [3.05, 3.63) is 73.6 Å². The predicted octanol–water partition coefficient (Wildman–Crippen LogP) is 8.37. The van der Waals surface area contributed by atoms with Gasteiger partial charge in [-0.25, -0.2) is 0 Å². The van der Waals surface area contributed by atoms with E-state index in [2.05, 4.69) is 128 Å². The second-order valence-corrected chi connectivity index (χ2v) is 10.1. The highest BCUT2D eigenvalue weighted by Crippen LogP contribution is 2.41. The van der Waals surface area contributed by atoms with Crippen LogP contribution in [-0.2, 0) is 5.41 Å². The zero-order chi connectivity index (χ0) is 18.6. The summed E-state index contributed by atoms with van der Waals surface area (Å²) in [4.78, 5) is 0. The minimum atomic E-state index is 0.0231. The summed E-state index contributed by atoms with van der Waals surface area (Å²) in [6.07, 6.45) is 0. The van der Waals surface area contributed by atoms with Crippen LogP contribution in [0.2, 0.25) is 0 Å². The Morgan fingerprint density at radius 1 is 0.808 bits per heavy atom. The largest absolute Gasteiger partial charge is 0.308 e. The summed E-state index contributed by atoms with van der Waals surface area (Å²) >= 11 is 11.2. The quantitative estimate of drug-likeness (QED) is 0.231. The van der Waals surface area contributed by atoms with Crippen LogP contribution in [0.25, 0.3) is 27.5 Å². The smallest absolute Gasteiger partial charge is 0.0694 e. The van der Waals surface area contributed by atoms with Crippen molar-refractivity contribution in [2.45, 2.75) is 26.2 Å². The van der Waals surface area contributed by atoms with Gasteiger partial charge in [0.15, 0.2) is 0 Å². The van der Waals surface area contributed by atoms with Crippen LogP contribution in [0.4, 0.5) is 0 Å². The fourth-order valence-electron chi connectivity index (χ4n) is 3.55. The molecule has 4 aromatic rings. The number of benzene rings is 3. The topological polar surface area (TPSA) is 4.93 Å². The highest BCUT2D eigenvalue weighted by atomic mass is 79.9. The second kappa shape index (κ2) is 6.50. The molecule has 0 N–H and O–H groups in total. The van der Waals surface area contributed by atoms with Gasteiger partial charge in [0.05, 0.1) is 21.2 Å². The molecule has 132 valence electrons. The van der Waals surface area contributed by atoms with Gasteiger partial charge in [0.25, 0.3) is 0 Å². The first kappa shape index (κ1) is 18.3. The van der Waals surface area contributed by atoms with Gasteiger partial charge < -0.3 is 4.57 Å². The molecule has 0 bridgehead atoms. The van der Waals surface area contributed by atoms with Crippen molar-refractivity contribution in [3.8, 4) is 5.69 Å². The van der Waals surface area contributed by atoms with Crippen LogP contribution < -0.4 is 0 Å². The van der Waals surface area contributed by atoms with E-state index in [1.54, 1.807) is 0 Å². The zero-order valence-electron chi connectivity index (χ0n) is 14.8. The SMILES string of the molecule is CC(C)(C)c1cc(Br)ccc1-n1c2ccccc2c2ccc(Br)c(Br)c21. The van der Waals surface area contributed by atoms with E-state index in [9.17, 15) is 0 Å². The van der Waals surface area contributed by atoms with Crippen LogP contribution in [0.15, 0.2) is 68.0 Å². The van der Waals surface area contributed by atoms with Crippen molar-refractivity contribution in [1.29, 1.82) is 0 Å². The molecule has 0 saturated carbocycles. The number of hydrogen-bond donors (Lipinski definition) is 0. The van der Waals surface area contributed by atoms with Crippen LogP contribution in [0.3, 0.4) is 0 Å². The van der Waals surface area contributed by atoms with Gasteiger partial charge in [0.1, 0.15) is 0 Å². The average Bonchev–Trinajstić information content (AvgIpc) is 2.92. The lowest BCUT2D eigenvalue weighted by molar-refractivity contribution is 0.587. The lowest BCUT2D eigenvalue weighted by Crippen LogP contribution is -2.15. The summed E-state index contributed by atoms with van der Waals surface area (Å²) in [6.45, 7) is 6.78. The van der Waals surface area contributed by atoms with E-state index in [1.807, 2.05) is 0 Å². The maximum Gasteiger partial charge on any atom is 0.0694 e. The Bertz CT molecular complexity index is 1150. The molecule has 0 aliphatic rings. The summed E-state index contributed by atoms with van der Waals surface area (Å²) in [6, 6.07) is 19.5. The molecule has 3 aromatic carbocycles. The van der Waals surface area contributed by atoms with Crippen molar-refractivity contribution in [3.63, 3.8) is 0 Å². The molecule has 1 nitrogen and oxygen atoms in total. The highest BCUT2D eigenvalue weighted by molar-refractivity contribution is 9.13. The number of hydrogen-bond acceptors (Lipinski definition) is 0. The Hall–Kier alpha value is -1.10. The molecule has 0 fully saturated rings. The van der Waals surface area contributed by atoms with E-state index >= 15 is 0 Å². The molecule has 26 heavy (non-hydrogen) atoms.